The molecule has 0 saturated heterocycles. The number of Topliss-reactive ketones (excluding diaryl/α,β-unsaturated/α-hetero) is 2. The number of allylic oxidation sites excluding steroid dienone is 4. The molecule has 2 bridgehead atoms. The maximum Gasteiger partial charge on any atom is 0.405 e. The molecule has 2 amide bonds. The zero-order valence-electron chi connectivity index (χ0n) is 27.9. The van der Waals surface area contributed by atoms with Crippen molar-refractivity contribution < 1.29 is 38.5 Å². The maximum atomic E-state index is 13.9. The van der Waals surface area contributed by atoms with Crippen molar-refractivity contribution in [3.05, 3.63) is 58.0 Å². The minimum Gasteiger partial charge on any atom is -0.439 e. The molecular formula is C33H50N4O8. The van der Waals surface area contributed by atoms with Crippen molar-refractivity contribution in [2.45, 2.75) is 71.9 Å². The number of hydrogen-bond donors (Lipinski definition) is 4. The van der Waals surface area contributed by atoms with E-state index in [-0.39, 0.29) is 46.2 Å². The molecule has 5 N–H and O–H groups in total. The van der Waals surface area contributed by atoms with Crippen LogP contribution in [0.3, 0.4) is 0 Å². The first-order valence-electron chi connectivity index (χ1n) is 15.1. The van der Waals surface area contributed by atoms with Crippen molar-refractivity contribution in [2.75, 3.05) is 41.4 Å². The fourth-order valence-electron chi connectivity index (χ4n) is 5.40. The van der Waals surface area contributed by atoms with Crippen LogP contribution in [0.25, 0.3) is 0 Å². The van der Waals surface area contributed by atoms with Crippen molar-refractivity contribution >= 4 is 23.6 Å². The molecule has 6 atom stereocenters. The van der Waals surface area contributed by atoms with E-state index in [1.165, 1.54) is 27.2 Å². The first kappa shape index (κ1) is 37.6. The van der Waals surface area contributed by atoms with Crippen LogP contribution in [-0.2, 0) is 28.6 Å². The van der Waals surface area contributed by atoms with Crippen molar-refractivity contribution in [3.63, 3.8) is 0 Å². The van der Waals surface area contributed by atoms with E-state index >= 15 is 0 Å². The van der Waals surface area contributed by atoms with E-state index < -0.39 is 48.1 Å². The molecule has 1 aliphatic heterocycles. The van der Waals surface area contributed by atoms with E-state index in [1.807, 2.05) is 32.8 Å². The number of fused-ring (bicyclic) bond motifs is 2. The van der Waals surface area contributed by atoms with Gasteiger partial charge in [0.05, 0.1) is 23.6 Å². The van der Waals surface area contributed by atoms with Crippen molar-refractivity contribution in [2.24, 2.45) is 17.6 Å². The van der Waals surface area contributed by atoms with Gasteiger partial charge in [0.15, 0.2) is 6.10 Å². The molecule has 0 aromatic carbocycles. The summed E-state index contributed by atoms with van der Waals surface area (Å²) in [7, 11) is 6.76. The van der Waals surface area contributed by atoms with Crippen LogP contribution in [0.2, 0.25) is 0 Å². The number of aliphatic hydroxyl groups excluding tert-OH is 1. The van der Waals surface area contributed by atoms with Gasteiger partial charge < -0.3 is 40.6 Å². The number of ketones is 2. The number of ether oxygens (including phenoxy) is 3. The molecule has 45 heavy (non-hydrogen) atoms. The Morgan fingerprint density at radius 3 is 2.36 bits per heavy atom. The lowest BCUT2D eigenvalue weighted by molar-refractivity contribution is -0.120. The van der Waals surface area contributed by atoms with Crippen LogP contribution >= 0.6 is 0 Å². The van der Waals surface area contributed by atoms with Crippen LogP contribution in [-0.4, -0.2) is 99.4 Å². The quantitative estimate of drug-likeness (QED) is 0.242. The Morgan fingerprint density at radius 2 is 1.78 bits per heavy atom. The smallest absolute Gasteiger partial charge is 0.405 e. The summed E-state index contributed by atoms with van der Waals surface area (Å²) in [4.78, 5) is 54.4. The summed E-state index contributed by atoms with van der Waals surface area (Å²) in [5.41, 5.74) is 6.78. The van der Waals surface area contributed by atoms with Crippen LogP contribution < -0.4 is 16.4 Å². The van der Waals surface area contributed by atoms with Gasteiger partial charge in [0, 0.05) is 49.9 Å². The number of methoxy groups -OCH3 is 2. The van der Waals surface area contributed by atoms with Crippen molar-refractivity contribution in [1.82, 2.24) is 15.5 Å². The predicted octanol–water partition coefficient (Wildman–Crippen LogP) is 2.30. The van der Waals surface area contributed by atoms with Gasteiger partial charge in [-0.1, -0.05) is 38.2 Å². The van der Waals surface area contributed by atoms with Gasteiger partial charge in [0.1, 0.15) is 6.10 Å². The van der Waals surface area contributed by atoms with Gasteiger partial charge >= 0.3 is 6.09 Å². The third-order valence-corrected chi connectivity index (χ3v) is 8.05. The molecule has 0 spiro atoms. The highest BCUT2D eigenvalue weighted by Crippen LogP contribution is 2.30. The molecule has 0 radical (unpaired) electrons. The summed E-state index contributed by atoms with van der Waals surface area (Å²) in [5.74, 6) is -2.00. The Bertz CT molecular complexity index is 1280. The molecule has 0 aromatic heterocycles. The number of rotatable bonds is 7. The lowest BCUT2D eigenvalue weighted by atomic mass is 9.83. The number of carbonyl (C=O) groups is 4. The van der Waals surface area contributed by atoms with Gasteiger partial charge in [0.2, 0.25) is 11.6 Å². The molecule has 2 aliphatic rings. The largest absolute Gasteiger partial charge is 0.439 e. The SMILES string of the molecule is COC1C=CC=C(C)C(=O)NC2=C(C)C(=O)C(NCCN(C)C)=C(CC(C)CC(OC)C(O)C(C)C=C(C)C1OC(N)=O)C2=O. The Kier molecular flexibility index (Phi) is 14.4. The van der Waals surface area contributed by atoms with Gasteiger partial charge in [-0.2, -0.15) is 0 Å². The number of nitrogens with one attached hydrogen (secondary N) is 2. The molecule has 0 fully saturated rings. The molecule has 2 rings (SSSR count). The minimum absolute atomic E-state index is 0.0681. The Balaban J connectivity index is 2.66. The summed E-state index contributed by atoms with van der Waals surface area (Å²) in [6.45, 7) is 9.63. The number of likely N-dealkylation sites (N-methyl/N-ethyl adjacent to an activating group) is 1. The van der Waals surface area contributed by atoms with Gasteiger partial charge in [-0.3, -0.25) is 14.4 Å². The molecule has 250 valence electrons. The topological polar surface area (TPSA) is 170 Å². The van der Waals surface area contributed by atoms with E-state index in [0.29, 0.717) is 25.1 Å². The monoisotopic (exact) mass is 630 g/mol. The number of nitrogens with two attached hydrogens (primary N) is 1. The zero-order valence-corrected chi connectivity index (χ0v) is 27.9. The second-order valence-corrected chi connectivity index (χ2v) is 12.1. The van der Waals surface area contributed by atoms with Gasteiger partial charge in [0.25, 0.3) is 5.91 Å². The third kappa shape index (κ3) is 10.2. The summed E-state index contributed by atoms with van der Waals surface area (Å²) in [5, 5.41) is 17.1. The fourth-order valence-corrected chi connectivity index (χ4v) is 5.40. The lowest BCUT2D eigenvalue weighted by Gasteiger charge is -2.30. The second kappa shape index (κ2) is 17.2. The van der Waals surface area contributed by atoms with E-state index in [2.05, 4.69) is 10.6 Å². The molecule has 0 saturated carbocycles. The molecule has 6 unspecified atom stereocenters. The lowest BCUT2D eigenvalue weighted by Crippen LogP contribution is -2.40. The summed E-state index contributed by atoms with van der Waals surface area (Å²) < 4.78 is 16.7. The normalized spacial score (nSPS) is 27.8. The summed E-state index contributed by atoms with van der Waals surface area (Å²) in [6, 6.07) is 0. The number of carbonyl (C=O) groups excluding carboxylic acids is 4. The van der Waals surface area contributed by atoms with Crippen LogP contribution in [0.4, 0.5) is 4.79 Å². The number of amides is 2. The molecule has 1 heterocycles. The highest BCUT2D eigenvalue weighted by Gasteiger charge is 2.35. The first-order valence-corrected chi connectivity index (χ1v) is 15.1. The molecule has 0 aromatic rings. The van der Waals surface area contributed by atoms with Crippen LogP contribution in [0, 0.1) is 11.8 Å². The average molecular weight is 631 g/mol. The Labute approximate surface area is 266 Å². The van der Waals surface area contributed by atoms with Crippen LogP contribution in [0.5, 0.6) is 0 Å². The molecular weight excluding hydrogens is 580 g/mol. The second-order valence-electron chi connectivity index (χ2n) is 12.1. The standard InChI is InChI=1S/C33H50N4O8/c1-18-15-23-27(35-13-14-37(6)7)29(39)22(5)26(30(23)40)36-32(41)19(2)11-10-12-24(43-8)31(45-33(34)42)21(4)17-20(3)28(38)25(16-18)44-9/h10-12,17-18,20,24-25,28,31,35,38H,13-16H2,1-9H3,(H2,34,42)(H,36,41). The number of nitrogens with zero attached hydrogens (tertiary/aromatic N) is 1. The average Bonchev–Trinajstić information content (AvgIpc) is 2.98. The highest BCUT2D eigenvalue weighted by atomic mass is 16.6. The van der Waals surface area contributed by atoms with Crippen molar-refractivity contribution in [1.29, 1.82) is 0 Å². The fraction of sp³-hybridized carbons (Fsp3) is 0.576. The van der Waals surface area contributed by atoms with Crippen molar-refractivity contribution in [3.8, 4) is 0 Å². The summed E-state index contributed by atoms with van der Waals surface area (Å²) >= 11 is 0. The number of aliphatic hydroxyl groups is 1. The predicted molar refractivity (Wildman–Crippen MR) is 171 cm³/mol. The number of hydrogen-bond acceptors (Lipinski definition) is 10. The Hall–Kier alpha value is -3.58. The molecule has 12 nitrogen and oxygen atoms in total. The van der Waals surface area contributed by atoms with Gasteiger partial charge in [-0.25, -0.2) is 4.79 Å². The van der Waals surface area contributed by atoms with E-state index in [4.69, 9.17) is 19.9 Å². The van der Waals surface area contributed by atoms with E-state index in [0.717, 1.165) is 0 Å². The summed E-state index contributed by atoms with van der Waals surface area (Å²) in [6.07, 6.45) is 2.75. The minimum atomic E-state index is -0.997. The molecule has 1 aliphatic carbocycles. The van der Waals surface area contributed by atoms with E-state index in [1.54, 1.807) is 32.1 Å². The van der Waals surface area contributed by atoms with Crippen LogP contribution in [0.1, 0.15) is 47.5 Å². The Morgan fingerprint density at radius 1 is 1.11 bits per heavy atom. The first-order chi connectivity index (χ1) is 21.1. The molecule has 12 heteroatoms. The number of primary amides is 1. The van der Waals surface area contributed by atoms with E-state index in [9.17, 15) is 24.3 Å². The van der Waals surface area contributed by atoms with Gasteiger partial charge in [-0.05, 0) is 59.2 Å². The third-order valence-electron chi connectivity index (χ3n) is 8.05. The highest BCUT2D eigenvalue weighted by molar-refractivity contribution is 6.25. The van der Waals surface area contributed by atoms with Crippen LogP contribution in [0.15, 0.2) is 58.0 Å². The maximum absolute atomic E-state index is 13.9. The van der Waals surface area contributed by atoms with Gasteiger partial charge in [-0.15, -0.1) is 0 Å². The zero-order chi connectivity index (χ0) is 34.0.